The molecule has 9 heterocycles. The molecule has 2 aromatic heterocycles. The maximum Gasteiger partial charge on any atom is 0.262 e. The summed E-state index contributed by atoms with van der Waals surface area (Å²) in [6.07, 6.45) is 3.38. The van der Waals surface area contributed by atoms with Crippen molar-refractivity contribution in [1.82, 2.24) is 35.6 Å². The highest BCUT2D eigenvalue weighted by atomic mass is 19.1. The number of fused-ring (bicyclic) bond motifs is 2. The molecule has 0 spiro atoms. The minimum atomic E-state index is -1.04. The lowest BCUT2D eigenvalue weighted by molar-refractivity contribution is -0.138. The summed E-state index contributed by atoms with van der Waals surface area (Å²) in [5.41, 5.74) is 14.5. The van der Waals surface area contributed by atoms with E-state index >= 15 is 4.39 Å². The Bertz CT molecular complexity index is 5030. The predicted octanol–water partition coefficient (Wildman–Crippen LogP) is 10.7. The average Bonchev–Trinajstić information content (AvgIpc) is 1.55. The van der Waals surface area contributed by atoms with E-state index in [2.05, 4.69) is 145 Å². The maximum absolute atomic E-state index is 16.2. The third-order valence-corrected chi connectivity index (χ3v) is 23.6. The molecule has 9 aliphatic rings. The zero-order chi connectivity index (χ0) is 71.9. The molecule has 0 bridgehead atoms. The van der Waals surface area contributed by atoms with Crippen LogP contribution >= 0.6 is 0 Å². The minimum absolute atomic E-state index is 0.0349. The molecule has 5 saturated heterocycles. The van der Waals surface area contributed by atoms with Crippen molar-refractivity contribution in [3.8, 4) is 34.4 Å². The molecule has 0 radical (unpaired) electrons. The van der Waals surface area contributed by atoms with Crippen LogP contribution < -0.4 is 30.2 Å². The van der Waals surface area contributed by atoms with Gasteiger partial charge in [-0.15, -0.1) is 0 Å². The Balaban J connectivity index is 0.627. The first kappa shape index (κ1) is 66.0. The van der Waals surface area contributed by atoms with Crippen LogP contribution in [0.15, 0.2) is 124 Å². The fourth-order valence-corrected chi connectivity index (χ4v) is 17.4. The van der Waals surface area contributed by atoms with Gasteiger partial charge >= 0.3 is 0 Å². The van der Waals surface area contributed by atoms with Crippen LogP contribution in [0.2, 0.25) is 0 Å². The third kappa shape index (κ3) is 11.2. The van der Waals surface area contributed by atoms with Gasteiger partial charge in [-0.2, -0.15) is 10.5 Å². The molecule has 104 heavy (non-hydrogen) atoms. The number of aryl methyl sites for hydroxylation is 5. The van der Waals surface area contributed by atoms with Gasteiger partial charge in [-0.3, -0.25) is 54.0 Å². The van der Waals surface area contributed by atoms with Gasteiger partial charge in [0, 0.05) is 135 Å². The second-order valence-corrected chi connectivity index (χ2v) is 30.1. The molecule has 17 rings (SSSR count). The first-order valence-electron chi connectivity index (χ1n) is 35.9. The number of benzene rings is 6. The molecule has 2 aliphatic carbocycles. The van der Waals surface area contributed by atoms with Gasteiger partial charge in [0.25, 0.3) is 17.7 Å². The smallest absolute Gasteiger partial charge is 0.262 e. The summed E-state index contributed by atoms with van der Waals surface area (Å²) in [6, 6.07) is 41.9. The molecule has 4 atom stereocenters. The van der Waals surface area contributed by atoms with E-state index in [0.29, 0.717) is 67.4 Å². The SMILES string of the molecule is Cc1ccc(-c2c(C)noc2C)cc1N(CC1CN(c2cc3c(cc2F)CN(C2CCC(=O)NC2=O)C3=O)C1)c1ccc(C2(C#N)CC2Cc2ccc(-c3c(C)noc3C)cc2N(CC2CN(C3CN(c4ccc5c(c4)C(=O)N(C4CCC(=O)NC4=O)C5=O)C3)C2)c2ccc(C3(C#N)CC3)cc2)cc1. The fourth-order valence-electron chi connectivity index (χ4n) is 17.4. The van der Waals surface area contributed by atoms with Crippen molar-refractivity contribution in [3.63, 3.8) is 0 Å². The van der Waals surface area contributed by atoms with E-state index in [1.54, 1.807) is 18.2 Å². The molecule has 7 amide bonds. The number of likely N-dealkylation sites (tertiary alicyclic amines) is 1. The van der Waals surface area contributed by atoms with Crippen molar-refractivity contribution < 1.29 is 47.0 Å². The highest BCUT2D eigenvalue weighted by molar-refractivity contribution is 6.24. The molecule has 4 unspecified atom stereocenters. The standard InChI is InChI=1S/C81H76FN13O9/c1-44-6-7-52(73-45(2)87-103-47(73)4)28-68(44)92(37-50-35-91(36-50)70-31-63-54(27-65(70)82)39-94(77(63)100)66-20-22-71(96)85-75(66)98)58-16-12-56(13-17-58)81(43-84)32-57(81)26-51-8-9-53(74-46(3)88-104-48(74)5)29-69(51)93(59-14-10-55(11-15-59)80(42-83)24-25-80)38-49-33-89(34-49)61-40-90(41-61)60-18-19-62-64(30-60)79(102)95(78(62)101)67-21-23-72(97)86-76(67)99/h6-19,27-31,49-50,57,61,66-67H,20-26,32-41H2,1-5H3,(H,85,96,98)(H,86,97,99). The Morgan fingerprint density at radius 2 is 1.18 bits per heavy atom. The van der Waals surface area contributed by atoms with Crippen LogP contribution in [0.1, 0.15) is 127 Å². The van der Waals surface area contributed by atoms with E-state index in [-0.39, 0.29) is 79.0 Å². The summed E-state index contributed by atoms with van der Waals surface area (Å²) in [6.45, 7) is 15.3. The highest BCUT2D eigenvalue weighted by Gasteiger charge is 2.56. The van der Waals surface area contributed by atoms with Crippen molar-refractivity contribution in [2.24, 2.45) is 17.8 Å². The van der Waals surface area contributed by atoms with Gasteiger partial charge in [0.1, 0.15) is 29.4 Å². The van der Waals surface area contributed by atoms with E-state index in [4.69, 9.17) is 9.05 Å². The van der Waals surface area contributed by atoms with Crippen LogP contribution in [0.4, 0.5) is 38.5 Å². The molecular formula is C81H76FN13O9. The van der Waals surface area contributed by atoms with Crippen LogP contribution in [0.5, 0.6) is 0 Å². The Morgan fingerprint density at radius 1 is 0.596 bits per heavy atom. The number of nitrogens with zero attached hydrogens (tertiary/aromatic N) is 11. The average molecular weight is 1390 g/mol. The maximum atomic E-state index is 16.2. The molecule has 2 N–H and O–H groups in total. The number of amides is 7. The quantitative estimate of drug-likeness (QED) is 0.0713. The third-order valence-electron chi connectivity index (χ3n) is 23.6. The lowest BCUT2D eigenvalue weighted by atomic mass is 9.90. The monoisotopic (exact) mass is 1390 g/mol. The summed E-state index contributed by atoms with van der Waals surface area (Å²) in [7, 11) is 0. The minimum Gasteiger partial charge on any atom is -0.368 e. The largest absolute Gasteiger partial charge is 0.368 e. The Morgan fingerprint density at radius 3 is 1.78 bits per heavy atom. The lowest BCUT2D eigenvalue weighted by Gasteiger charge is -2.53. The van der Waals surface area contributed by atoms with E-state index in [9.17, 15) is 44.1 Å². The van der Waals surface area contributed by atoms with Gasteiger partial charge in [-0.25, -0.2) is 4.39 Å². The number of carbonyl (C=O) groups is 7. The number of nitriles is 2. The van der Waals surface area contributed by atoms with Crippen molar-refractivity contribution in [1.29, 1.82) is 10.5 Å². The Kier molecular flexibility index (Phi) is 15.9. The fraction of sp³-hybridized carbons (Fsp3) is 0.370. The predicted molar refractivity (Wildman–Crippen MR) is 382 cm³/mol. The van der Waals surface area contributed by atoms with Gasteiger partial charge in [0.2, 0.25) is 23.6 Å². The van der Waals surface area contributed by atoms with Gasteiger partial charge in [0.05, 0.1) is 51.2 Å². The second-order valence-electron chi connectivity index (χ2n) is 30.1. The normalized spacial score (nSPS) is 22.2. The lowest BCUT2D eigenvalue weighted by Crippen LogP contribution is -2.66. The topological polar surface area (TPSA) is 266 Å². The molecule has 6 aromatic carbocycles. The van der Waals surface area contributed by atoms with Crippen LogP contribution in [0, 0.1) is 80.9 Å². The van der Waals surface area contributed by atoms with E-state index in [1.807, 2.05) is 38.7 Å². The number of hydrogen-bond donors (Lipinski definition) is 2. The highest BCUT2D eigenvalue weighted by Crippen LogP contribution is 2.57. The Labute approximate surface area is 599 Å². The first-order valence-corrected chi connectivity index (χ1v) is 35.9. The van der Waals surface area contributed by atoms with Gasteiger partial charge in [0.15, 0.2) is 0 Å². The van der Waals surface area contributed by atoms with E-state index < -0.39 is 58.3 Å². The van der Waals surface area contributed by atoms with Crippen molar-refractivity contribution >= 4 is 75.5 Å². The first-order chi connectivity index (χ1) is 50.2. The number of aromatic nitrogens is 2. The Hall–Kier alpha value is -11.3. The molecule has 2 saturated carbocycles. The molecule has 7 aliphatic heterocycles. The summed E-state index contributed by atoms with van der Waals surface area (Å²) < 4.78 is 27.6. The van der Waals surface area contributed by atoms with Gasteiger partial charge in [-0.05, 0) is 185 Å². The van der Waals surface area contributed by atoms with E-state index in [1.165, 1.54) is 11.0 Å². The second kappa shape index (κ2) is 25.0. The van der Waals surface area contributed by atoms with Crippen LogP contribution in [-0.4, -0.2) is 137 Å². The molecule has 526 valence electrons. The number of hydrogen-bond acceptors (Lipinski definition) is 18. The van der Waals surface area contributed by atoms with Gasteiger partial charge in [-0.1, -0.05) is 58.8 Å². The zero-order valence-corrected chi connectivity index (χ0v) is 58.4. The molecule has 7 fully saturated rings. The molecule has 8 aromatic rings. The number of anilines is 6. The van der Waals surface area contributed by atoms with Crippen molar-refractivity contribution in [3.05, 3.63) is 188 Å². The summed E-state index contributed by atoms with van der Waals surface area (Å²) in [5, 5.41) is 35.0. The number of rotatable bonds is 19. The van der Waals surface area contributed by atoms with E-state index in [0.717, 1.165) is 128 Å². The number of piperidine rings is 2. The number of imide groups is 3. The summed E-state index contributed by atoms with van der Waals surface area (Å²) >= 11 is 0. The summed E-state index contributed by atoms with van der Waals surface area (Å²) in [4.78, 5) is 104. The van der Waals surface area contributed by atoms with Crippen LogP contribution in [-0.2, 0) is 43.0 Å². The number of carbonyl (C=O) groups excluding carboxylic acids is 7. The molecule has 23 heteroatoms. The molecular weight excluding hydrogens is 1320 g/mol. The zero-order valence-electron chi connectivity index (χ0n) is 58.4. The van der Waals surface area contributed by atoms with Crippen LogP contribution in [0.25, 0.3) is 22.3 Å². The van der Waals surface area contributed by atoms with Crippen molar-refractivity contribution in [2.75, 3.05) is 72.0 Å². The van der Waals surface area contributed by atoms with Crippen LogP contribution in [0.3, 0.4) is 0 Å². The number of halogens is 1. The molecule has 22 nitrogen and oxygen atoms in total. The summed E-state index contributed by atoms with van der Waals surface area (Å²) in [5.74, 6) is -2.12. The van der Waals surface area contributed by atoms with Crippen molar-refractivity contribution in [2.45, 2.75) is 121 Å². The van der Waals surface area contributed by atoms with Gasteiger partial charge < -0.3 is 33.5 Å². The number of nitrogens with one attached hydrogen (secondary N) is 2.